The first-order chi connectivity index (χ1) is 7.51. The molecule has 0 bridgehead atoms. The van der Waals surface area contributed by atoms with Crippen LogP contribution < -0.4 is 4.74 Å². The lowest BCUT2D eigenvalue weighted by Crippen LogP contribution is -2.01. The summed E-state index contributed by atoms with van der Waals surface area (Å²) >= 11 is 0. The van der Waals surface area contributed by atoms with E-state index >= 15 is 0 Å². The minimum Gasteiger partial charge on any atom is -0.496 e. The van der Waals surface area contributed by atoms with Crippen molar-refractivity contribution in [3.05, 3.63) is 28.8 Å². The number of fused-ring (bicyclic) bond motifs is 1. The van der Waals surface area contributed by atoms with Gasteiger partial charge in [-0.05, 0) is 42.0 Å². The molecule has 0 saturated carbocycles. The Hall–Kier alpha value is -0.740. The van der Waals surface area contributed by atoms with Crippen molar-refractivity contribution in [2.45, 2.75) is 25.0 Å². The predicted octanol–water partition coefficient (Wildman–Crippen LogP) is 2.25. The molecule has 0 heterocycles. The van der Waals surface area contributed by atoms with Crippen LogP contribution in [-0.4, -0.2) is 15.5 Å². The molecule has 0 atom stereocenters. The molecule has 2 rings (SSSR count). The molecular weight excluding hydrogens is 248 g/mol. The molecule has 3 nitrogen and oxygen atoms in total. The van der Waals surface area contributed by atoms with Gasteiger partial charge >= 0.3 is 0 Å². The highest BCUT2D eigenvalue weighted by Crippen LogP contribution is 2.34. The third-order valence-corrected chi connectivity index (χ3v) is 3.87. The zero-order valence-electron chi connectivity index (χ0n) is 8.99. The molecule has 0 N–H and O–H groups in total. The van der Waals surface area contributed by atoms with Crippen LogP contribution in [-0.2, 0) is 27.6 Å². The summed E-state index contributed by atoms with van der Waals surface area (Å²) in [6.45, 7) is 0. The third kappa shape index (κ3) is 2.33. The monoisotopic (exact) mass is 260 g/mol. The summed E-state index contributed by atoms with van der Waals surface area (Å²) < 4.78 is 27.4. The molecule has 1 aliphatic carbocycles. The number of hydrogen-bond donors (Lipinski definition) is 0. The van der Waals surface area contributed by atoms with E-state index in [1.54, 1.807) is 13.2 Å². The number of ether oxygens (including phenoxy) is 1. The molecule has 16 heavy (non-hydrogen) atoms. The highest BCUT2D eigenvalue weighted by molar-refractivity contribution is 8.13. The minimum atomic E-state index is -3.49. The summed E-state index contributed by atoms with van der Waals surface area (Å²) in [6, 6.07) is 3.62. The Morgan fingerprint density at radius 2 is 2.00 bits per heavy atom. The Bertz CT molecular complexity index is 508. The van der Waals surface area contributed by atoms with E-state index in [1.807, 2.05) is 6.07 Å². The summed E-state index contributed by atoms with van der Waals surface area (Å²) in [6.07, 6.45) is 2.91. The molecule has 5 heteroatoms. The second-order valence-corrected chi connectivity index (χ2v) is 6.70. The lowest BCUT2D eigenvalue weighted by atomic mass is 10.0. The third-order valence-electron chi connectivity index (χ3n) is 2.89. The molecule has 0 aromatic heterocycles. The normalized spacial score (nSPS) is 14.9. The summed E-state index contributed by atoms with van der Waals surface area (Å²) in [5, 5.41) is 0. The van der Waals surface area contributed by atoms with Crippen molar-refractivity contribution < 1.29 is 13.2 Å². The fraction of sp³-hybridized carbons (Fsp3) is 0.455. The molecule has 88 valence electrons. The van der Waals surface area contributed by atoms with Crippen LogP contribution >= 0.6 is 10.7 Å². The second kappa shape index (κ2) is 4.26. The molecule has 0 radical (unpaired) electrons. The Morgan fingerprint density at radius 1 is 1.31 bits per heavy atom. The quantitative estimate of drug-likeness (QED) is 0.783. The molecule has 0 amide bonds. The Labute approximate surface area is 99.8 Å². The van der Waals surface area contributed by atoms with Crippen molar-refractivity contribution >= 4 is 19.7 Å². The van der Waals surface area contributed by atoms with Crippen LogP contribution in [0.4, 0.5) is 0 Å². The number of hydrogen-bond acceptors (Lipinski definition) is 3. The maximum atomic E-state index is 11.1. The Morgan fingerprint density at radius 3 is 2.62 bits per heavy atom. The van der Waals surface area contributed by atoms with E-state index in [1.165, 1.54) is 0 Å². The summed E-state index contributed by atoms with van der Waals surface area (Å²) in [7, 11) is 3.43. The minimum absolute atomic E-state index is 0.0963. The molecular formula is C11H13ClO3S. The first-order valence-corrected chi connectivity index (χ1v) is 7.59. The van der Waals surface area contributed by atoms with Crippen LogP contribution in [0.15, 0.2) is 12.1 Å². The van der Waals surface area contributed by atoms with Crippen molar-refractivity contribution in [3.63, 3.8) is 0 Å². The molecule has 0 fully saturated rings. The van der Waals surface area contributed by atoms with E-state index in [2.05, 4.69) is 0 Å². The maximum Gasteiger partial charge on any atom is 0.236 e. The van der Waals surface area contributed by atoms with E-state index in [-0.39, 0.29) is 5.75 Å². The van der Waals surface area contributed by atoms with Gasteiger partial charge in [0.1, 0.15) is 5.75 Å². The number of rotatable bonds is 3. The van der Waals surface area contributed by atoms with Crippen molar-refractivity contribution in [2.75, 3.05) is 7.11 Å². The van der Waals surface area contributed by atoms with Crippen molar-refractivity contribution in [2.24, 2.45) is 0 Å². The zero-order chi connectivity index (χ0) is 11.8. The lowest BCUT2D eigenvalue weighted by Gasteiger charge is -2.11. The zero-order valence-corrected chi connectivity index (χ0v) is 10.6. The number of benzene rings is 1. The first-order valence-electron chi connectivity index (χ1n) is 5.11. The Kier molecular flexibility index (Phi) is 3.13. The molecule has 0 aliphatic heterocycles. The first kappa shape index (κ1) is 11.7. The maximum absolute atomic E-state index is 11.1. The molecule has 1 aliphatic rings. The molecule has 0 spiro atoms. The van der Waals surface area contributed by atoms with Gasteiger partial charge in [0.25, 0.3) is 0 Å². The van der Waals surface area contributed by atoms with Crippen LogP contribution in [0, 0.1) is 0 Å². The molecule has 1 aromatic carbocycles. The highest BCUT2D eigenvalue weighted by atomic mass is 35.7. The smallest absolute Gasteiger partial charge is 0.236 e. The fourth-order valence-electron chi connectivity index (χ4n) is 2.26. The van der Waals surface area contributed by atoms with Gasteiger partial charge in [-0.2, -0.15) is 0 Å². The largest absolute Gasteiger partial charge is 0.496 e. The summed E-state index contributed by atoms with van der Waals surface area (Å²) in [4.78, 5) is 0. The van der Waals surface area contributed by atoms with Crippen LogP contribution in [0.3, 0.4) is 0 Å². The van der Waals surface area contributed by atoms with E-state index in [4.69, 9.17) is 15.4 Å². The van der Waals surface area contributed by atoms with Gasteiger partial charge in [-0.1, -0.05) is 6.07 Å². The fourth-order valence-corrected chi connectivity index (χ4v) is 3.25. The van der Waals surface area contributed by atoms with Crippen molar-refractivity contribution in [3.8, 4) is 5.75 Å². The number of halogens is 1. The van der Waals surface area contributed by atoms with Gasteiger partial charge in [0.05, 0.1) is 12.9 Å². The SMILES string of the molecule is COc1ccc(CS(=O)(=O)Cl)c2c1CCC2. The second-order valence-electron chi connectivity index (χ2n) is 3.92. The van der Waals surface area contributed by atoms with Crippen LogP contribution in [0.2, 0.25) is 0 Å². The standard InChI is InChI=1S/C11H13ClO3S/c1-15-11-6-5-8(7-16(12,13)14)9-3-2-4-10(9)11/h5-6H,2-4,7H2,1H3. The average Bonchev–Trinajstić information content (AvgIpc) is 2.65. The van der Waals surface area contributed by atoms with E-state index < -0.39 is 9.05 Å². The van der Waals surface area contributed by atoms with Gasteiger partial charge in [0, 0.05) is 10.7 Å². The van der Waals surface area contributed by atoms with Gasteiger partial charge in [-0.25, -0.2) is 8.42 Å². The average molecular weight is 261 g/mol. The molecule has 1 aromatic rings. The van der Waals surface area contributed by atoms with Crippen LogP contribution in [0.1, 0.15) is 23.1 Å². The van der Waals surface area contributed by atoms with Gasteiger partial charge in [0.15, 0.2) is 0 Å². The predicted molar refractivity (Wildman–Crippen MR) is 63.5 cm³/mol. The number of methoxy groups -OCH3 is 1. The summed E-state index contributed by atoms with van der Waals surface area (Å²) in [5.74, 6) is 0.754. The van der Waals surface area contributed by atoms with Gasteiger partial charge in [-0.3, -0.25) is 0 Å². The van der Waals surface area contributed by atoms with Crippen molar-refractivity contribution in [1.29, 1.82) is 0 Å². The van der Waals surface area contributed by atoms with Gasteiger partial charge < -0.3 is 4.74 Å². The Balaban J connectivity index is 2.46. The van der Waals surface area contributed by atoms with Crippen LogP contribution in [0.25, 0.3) is 0 Å². The van der Waals surface area contributed by atoms with Crippen LogP contribution in [0.5, 0.6) is 5.75 Å². The van der Waals surface area contributed by atoms with Gasteiger partial charge in [-0.15, -0.1) is 0 Å². The molecule has 0 unspecified atom stereocenters. The van der Waals surface area contributed by atoms with Gasteiger partial charge in [0.2, 0.25) is 9.05 Å². The lowest BCUT2D eigenvalue weighted by molar-refractivity contribution is 0.410. The van der Waals surface area contributed by atoms with E-state index in [9.17, 15) is 8.42 Å². The molecule has 0 saturated heterocycles. The summed E-state index contributed by atoms with van der Waals surface area (Å²) in [5.41, 5.74) is 3.05. The van der Waals surface area contributed by atoms with Crippen molar-refractivity contribution in [1.82, 2.24) is 0 Å². The van der Waals surface area contributed by atoms with E-state index in [0.29, 0.717) is 0 Å². The highest BCUT2D eigenvalue weighted by Gasteiger charge is 2.21. The van der Waals surface area contributed by atoms with E-state index in [0.717, 1.165) is 41.7 Å². The topological polar surface area (TPSA) is 43.4 Å².